The van der Waals surface area contributed by atoms with E-state index in [1.807, 2.05) is 11.4 Å². The molecule has 0 saturated carbocycles. The van der Waals surface area contributed by atoms with Gasteiger partial charge in [-0.1, -0.05) is 24.3 Å². The molecular formula is C15H12N2O5. The van der Waals surface area contributed by atoms with Crippen molar-refractivity contribution >= 4 is 23.4 Å². The standard InChI is InChI=1S/C15H12N2O5/c1-15(7-16)9-5-3-2-4-8(9)12(20)11(13(15)21)14(22)17-6-10(18)19/h2-5,20H,6H2,1H3,(H,17,22)(H,18,19)/t15-/m0/s1. The number of carbonyl (C=O) groups is 3. The summed E-state index contributed by atoms with van der Waals surface area (Å²) in [6.07, 6.45) is 0. The number of ketones is 1. The number of nitrogens with zero attached hydrogens (tertiary/aromatic N) is 1. The zero-order chi connectivity index (χ0) is 16.5. The number of carbonyl (C=O) groups excluding carboxylic acids is 2. The third-order valence-corrected chi connectivity index (χ3v) is 3.49. The molecule has 0 radical (unpaired) electrons. The number of amides is 1. The van der Waals surface area contributed by atoms with Gasteiger partial charge in [0.2, 0.25) is 0 Å². The summed E-state index contributed by atoms with van der Waals surface area (Å²) in [5, 5.41) is 30.2. The largest absolute Gasteiger partial charge is 0.506 e. The molecule has 1 aliphatic rings. The Labute approximate surface area is 125 Å². The average molecular weight is 300 g/mol. The molecule has 0 fully saturated rings. The van der Waals surface area contributed by atoms with Gasteiger partial charge in [0.1, 0.15) is 23.3 Å². The Bertz CT molecular complexity index is 759. The molecule has 1 atom stereocenters. The van der Waals surface area contributed by atoms with Crippen LogP contribution in [0.25, 0.3) is 5.76 Å². The van der Waals surface area contributed by atoms with Gasteiger partial charge in [-0.25, -0.2) is 0 Å². The Morgan fingerprint density at radius 1 is 1.36 bits per heavy atom. The first-order valence-corrected chi connectivity index (χ1v) is 6.32. The number of carboxylic acid groups (broad SMARTS) is 1. The number of rotatable bonds is 3. The van der Waals surface area contributed by atoms with E-state index in [4.69, 9.17) is 5.11 Å². The zero-order valence-electron chi connectivity index (χ0n) is 11.6. The van der Waals surface area contributed by atoms with Crippen molar-refractivity contribution in [3.8, 4) is 6.07 Å². The van der Waals surface area contributed by atoms with Crippen molar-refractivity contribution in [1.82, 2.24) is 5.32 Å². The van der Waals surface area contributed by atoms with Crippen LogP contribution >= 0.6 is 0 Å². The normalized spacial score (nSPS) is 20.1. The number of hydrogen-bond donors (Lipinski definition) is 3. The molecule has 1 aliphatic carbocycles. The van der Waals surface area contributed by atoms with Gasteiger partial charge >= 0.3 is 5.97 Å². The molecule has 0 unspecified atom stereocenters. The maximum Gasteiger partial charge on any atom is 0.322 e. The van der Waals surface area contributed by atoms with Gasteiger partial charge in [0, 0.05) is 5.56 Å². The number of aliphatic carboxylic acids is 1. The van der Waals surface area contributed by atoms with Gasteiger partial charge in [-0.05, 0) is 12.5 Å². The van der Waals surface area contributed by atoms with E-state index in [-0.39, 0.29) is 5.56 Å². The van der Waals surface area contributed by atoms with Crippen LogP contribution in [0.1, 0.15) is 18.1 Å². The van der Waals surface area contributed by atoms with Crippen LogP contribution < -0.4 is 5.32 Å². The minimum absolute atomic E-state index is 0.201. The van der Waals surface area contributed by atoms with Crippen LogP contribution in [0.3, 0.4) is 0 Å². The van der Waals surface area contributed by atoms with Crippen molar-refractivity contribution < 1.29 is 24.6 Å². The van der Waals surface area contributed by atoms with E-state index in [1.54, 1.807) is 12.1 Å². The van der Waals surface area contributed by atoms with Crippen molar-refractivity contribution in [2.24, 2.45) is 0 Å². The first-order chi connectivity index (χ1) is 10.3. The summed E-state index contributed by atoms with van der Waals surface area (Å²) in [5.74, 6) is -3.74. The number of Topliss-reactive ketones (excluding diaryl/α,β-unsaturated/α-hetero) is 1. The number of hydrogen-bond acceptors (Lipinski definition) is 5. The lowest BCUT2D eigenvalue weighted by Crippen LogP contribution is -2.43. The minimum atomic E-state index is -1.63. The van der Waals surface area contributed by atoms with Crippen molar-refractivity contribution in [3.63, 3.8) is 0 Å². The molecule has 7 heteroatoms. The number of carboxylic acids is 1. The maximum atomic E-state index is 12.5. The Hall–Kier alpha value is -3.14. The first kappa shape index (κ1) is 15.3. The van der Waals surface area contributed by atoms with Crippen LogP contribution in [0.15, 0.2) is 29.8 Å². The topological polar surface area (TPSA) is 127 Å². The molecule has 0 saturated heterocycles. The molecule has 0 bridgehead atoms. The molecule has 3 N–H and O–H groups in total. The van der Waals surface area contributed by atoms with Crippen molar-refractivity contribution in [3.05, 3.63) is 41.0 Å². The number of fused-ring (bicyclic) bond motifs is 1. The number of benzene rings is 1. The molecule has 0 heterocycles. The van der Waals surface area contributed by atoms with Crippen LogP contribution in [0.5, 0.6) is 0 Å². The van der Waals surface area contributed by atoms with E-state index in [0.717, 1.165) is 0 Å². The first-order valence-electron chi connectivity index (χ1n) is 6.32. The zero-order valence-corrected chi connectivity index (χ0v) is 11.6. The van der Waals surface area contributed by atoms with Gasteiger partial charge in [-0.2, -0.15) is 5.26 Å². The summed E-state index contributed by atoms with van der Waals surface area (Å²) in [4.78, 5) is 35.0. The van der Waals surface area contributed by atoms with E-state index < -0.39 is 41.0 Å². The number of nitrogens with one attached hydrogen (secondary N) is 1. The van der Waals surface area contributed by atoms with E-state index in [2.05, 4.69) is 0 Å². The molecule has 7 nitrogen and oxygen atoms in total. The van der Waals surface area contributed by atoms with Crippen LogP contribution in [-0.2, 0) is 19.8 Å². The summed E-state index contributed by atoms with van der Waals surface area (Å²) in [7, 11) is 0. The fraction of sp³-hybridized carbons (Fsp3) is 0.200. The van der Waals surface area contributed by atoms with Gasteiger partial charge < -0.3 is 15.5 Å². The molecule has 0 aromatic heterocycles. The fourth-order valence-corrected chi connectivity index (χ4v) is 2.31. The van der Waals surface area contributed by atoms with Crippen LogP contribution in [0.2, 0.25) is 0 Å². The van der Waals surface area contributed by atoms with E-state index in [9.17, 15) is 24.8 Å². The predicted molar refractivity (Wildman–Crippen MR) is 74.6 cm³/mol. The predicted octanol–water partition coefficient (Wildman–Crippen LogP) is 0.520. The van der Waals surface area contributed by atoms with E-state index >= 15 is 0 Å². The second-order valence-corrected chi connectivity index (χ2v) is 4.91. The van der Waals surface area contributed by atoms with Gasteiger partial charge in [0.25, 0.3) is 5.91 Å². The Kier molecular flexibility index (Phi) is 3.70. The number of aliphatic hydroxyl groups is 1. The summed E-state index contributed by atoms with van der Waals surface area (Å²) in [5.41, 5.74) is -1.73. The monoisotopic (exact) mass is 300 g/mol. The van der Waals surface area contributed by atoms with Crippen LogP contribution in [0, 0.1) is 11.3 Å². The SMILES string of the molecule is C[C@@]1(C#N)C(=O)C(C(=O)NCC(=O)O)=C(O)c2ccccc21. The quantitative estimate of drug-likeness (QED) is 0.698. The number of aliphatic hydroxyl groups excluding tert-OH is 1. The Balaban J connectivity index is 2.59. The highest BCUT2D eigenvalue weighted by Gasteiger charge is 2.46. The summed E-state index contributed by atoms with van der Waals surface area (Å²) in [6, 6.07) is 8.08. The second kappa shape index (κ2) is 5.33. The minimum Gasteiger partial charge on any atom is -0.506 e. The molecule has 112 valence electrons. The molecule has 22 heavy (non-hydrogen) atoms. The molecule has 0 spiro atoms. The summed E-state index contributed by atoms with van der Waals surface area (Å²) >= 11 is 0. The van der Waals surface area contributed by atoms with Gasteiger partial charge in [0.15, 0.2) is 5.78 Å². The molecular weight excluding hydrogens is 288 g/mol. The van der Waals surface area contributed by atoms with Crippen LogP contribution in [0.4, 0.5) is 0 Å². The third kappa shape index (κ3) is 2.20. The Morgan fingerprint density at radius 3 is 2.59 bits per heavy atom. The summed E-state index contributed by atoms with van der Waals surface area (Å²) < 4.78 is 0. The highest BCUT2D eigenvalue weighted by molar-refractivity contribution is 6.29. The third-order valence-electron chi connectivity index (χ3n) is 3.49. The lowest BCUT2D eigenvalue weighted by atomic mass is 9.70. The second-order valence-electron chi connectivity index (χ2n) is 4.91. The van der Waals surface area contributed by atoms with Gasteiger partial charge in [0.05, 0.1) is 6.07 Å². The van der Waals surface area contributed by atoms with Crippen molar-refractivity contribution in [1.29, 1.82) is 5.26 Å². The van der Waals surface area contributed by atoms with Crippen LogP contribution in [-0.4, -0.2) is 34.4 Å². The van der Waals surface area contributed by atoms with Crippen molar-refractivity contribution in [2.45, 2.75) is 12.3 Å². The number of nitriles is 1. The smallest absolute Gasteiger partial charge is 0.322 e. The van der Waals surface area contributed by atoms with Gasteiger partial charge in [-0.3, -0.25) is 14.4 Å². The highest BCUT2D eigenvalue weighted by Crippen LogP contribution is 2.39. The van der Waals surface area contributed by atoms with Crippen molar-refractivity contribution in [2.75, 3.05) is 6.54 Å². The van der Waals surface area contributed by atoms with Gasteiger partial charge in [-0.15, -0.1) is 0 Å². The molecule has 0 aliphatic heterocycles. The molecule has 1 aromatic rings. The fourth-order valence-electron chi connectivity index (χ4n) is 2.31. The van der Waals surface area contributed by atoms with E-state index in [1.165, 1.54) is 19.1 Å². The maximum absolute atomic E-state index is 12.5. The van der Waals surface area contributed by atoms with E-state index in [0.29, 0.717) is 5.56 Å². The summed E-state index contributed by atoms with van der Waals surface area (Å²) in [6.45, 7) is 0.652. The molecule has 1 amide bonds. The lowest BCUT2D eigenvalue weighted by Gasteiger charge is -2.29. The molecule has 2 rings (SSSR count). The highest BCUT2D eigenvalue weighted by atomic mass is 16.4. The molecule has 1 aromatic carbocycles. The Morgan fingerprint density at radius 2 is 2.00 bits per heavy atom. The average Bonchev–Trinajstić information content (AvgIpc) is 2.51. The lowest BCUT2D eigenvalue weighted by molar-refractivity contribution is -0.137.